The van der Waals surface area contributed by atoms with Crippen LogP contribution in [-0.2, 0) is 11.2 Å². The van der Waals surface area contributed by atoms with E-state index in [0.29, 0.717) is 51.6 Å². The molecule has 5 atom stereocenters. The van der Waals surface area contributed by atoms with Gasteiger partial charge in [-0.15, -0.1) is 0 Å². The van der Waals surface area contributed by atoms with Crippen LogP contribution in [0.25, 0.3) is 0 Å². The van der Waals surface area contributed by atoms with E-state index in [1.165, 1.54) is 6.42 Å². The topological polar surface area (TPSA) is 98.9 Å². The van der Waals surface area contributed by atoms with Gasteiger partial charge in [0.05, 0.1) is 17.8 Å². The maximum Gasteiger partial charge on any atom is 0.280 e. The molecule has 29 heavy (non-hydrogen) atoms. The second kappa shape index (κ2) is 8.02. The molecule has 160 valence electrons. The average molecular weight is 466 g/mol. The minimum Gasteiger partial charge on any atom is -0.379 e. The van der Waals surface area contributed by atoms with Crippen molar-refractivity contribution >= 4 is 27.5 Å². The number of nitrogens with one attached hydrogen (secondary N) is 4. The fourth-order valence-corrected chi connectivity index (χ4v) is 6.08. The van der Waals surface area contributed by atoms with Crippen LogP contribution in [0.4, 0.5) is 5.69 Å². The first-order valence-corrected chi connectivity index (χ1v) is 11.6. The van der Waals surface area contributed by atoms with Crippen molar-refractivity contribution in [3.05, 3.63) is 20.5 Å². The van der Waals surface area contributed by atoms with Gasteiger partial charge in [-0.05, 0) is 71.3 Å². The quantitative estimate of drug-likeness (QED) is 0.516. The maximum atomic E-state index is 12.5. The van der Waals surface area contributed by atoms with Gasteiger partial charge in [0.25, 0.3) is 5.56 Å². The van der Waals surface area contributed by atoms with Crippen molar-refractivity contribution in [3.63, 3.8) is 0 Å². The monoisotopic (exact) mass is 465 g/mol. The Hall–Kier alpha value is -1.41. The van der Waals surface area contributed by atoms with Gasteiger partial charge in [-0.2, -0.15) is 5.10 Å². The fourth-order valence-electron chi connectivity index (χ4n) is 5.65. The number of fused-ring (bicyclic) bond motifs is 2. The summed E-state index contributed by atoms with van der Waals surface area (Å²) < 4.78 is 0.429. The molecule has 3 saturated carbocycles. The zero-order valence-electron chi connectivity index (χ0n) is 17.5. The van der Waals surface area contributed by atoms with Gasteiger partial charge in [0, 0.05) is 18.6 Å². The van der Waals surface area contributed by atoms with Gasteiger partial charge in [-0.1, -0.05) is 20.8 Å². The lowest BCUT2D eigenvalue weighted by atomic mass is 9.45. The summed E-state index contributed by atoms with van der Waals surface area (Å²) in [6, 6.07) is 0.640. The lowest BCUT2D eigenvalue weighted by Gasteiger charge is -2.62. The number of aromatic amines is 1. The van der Waals surface area contributed by atoms with Gasteiger partial charge in [0.15, 0.2) is 0 Å². The zero-order valence-corrected chi connectivity index (χ0v) is 19.1. The summed E-state index contributed by atoms with van der Waals surface area (Å²) in [5, 5.41) is 16.7. The highest BCUT2D eigenvalue weighted by atomic mass is 79.9. The molecule has 0 aromatic carbocycles. The third-order valence-corrected chi connectivity index (χ3v) is 8.48. The molecule has 2 heterocycles. The van der Waals surface area contributed by atoms with Gasteiger partial charge >= 0.3 is 0 Å². The molecule has 0 unspecified atom stereocenters. The third kappa shape index (κ3) is 3.98. The van der Waals surface area contributed by atoms with Crippen LogP contribution in [0, 0.1) is 23.2 Å². The second-order valence-corrected chi connectivity index (χ2v) is 10.5. The van der Waals surface area contributed by atoms with Crippen LogP contribution in [0.3, 0.4) is 0 Å². The minimum atomic E-state index is -0.277. The molecule has 1 aromatic rings. The standard InChI is InChI=1S/C21H32BrN5O2/c1-11-14-7-12(21(14,2)3)8-15(11)25-19-16(26-27-20(29)18(19)22)9-17(28)24-10-13-5-4-6-23-13/h11-15,23H,4-10H2,1-3H3,(H,24,28)(H2,25,27,29)/t11-,12+,13-,14-,15-/m1/s1. The molecule has 4 fully saturated rings. The van der Waals surface area contributed by atoms with Crippen molar-refractivity contribution in [2.24, 2.45) is 23.2 Å². The Morgan fingerprint density at radius 3 is 2.79 bits per heavy atom. The molecule has 4 N–H and O–H groups in total. The van der Waals surface area contributed by atoms with Crippen molar-refractivity contribution in [2.75, 3.05) is 18.4 Å². The van der Waals surface area contributed by atoms with Crippen molar-refractivity contribution in [2.45, 2.75) is 65.0 Å². The number of carbonyl (C=O) groups is 1. The summed E-state index contributed by atoms with van der Waals surface area (Å²) in [7, 11) is 0. The normalized spacial score (nSPS) is 32.5. The number of anilines is 1. The summed E-state index contributed by atoms with van der Waals surface area (Å²) in [6.07, 6.45) is 4.77. The maximum absolute atomic E-state index is 12.5. The number of hydrogen-bond acceptors (Lipinski definition) is 5. The Kier molecular flexibility index (Phi) is 5.77. The first kappa shape index (κ1) is 20.8. The van der Waals surface area contributed by atoms with Gasteiger partial charge in [-0.3, -0.25) is 9.59 Å². The summed E-state index contributed by atoms with van der Waals surface area (Å²) in [5.41, 5.74) is 1.37. The number of rotatable bonds is 6. The predicted molar refractivity (Wildman–Crippen MR) is 117 cm³/mol. The van der Waals surface area contributed by atoms with Crippen LogP contribution in [0.5, 0.6) is 0 Å². The molecule has 1 amide bonds. The Bertz CT molecular complexity index is 833. The number of aromatic nitrogens is 2. The molecule has 2 bridgehead atoms. The van der Waals surface area contributed by atoms with E-state index in [9.17, 15) is 9.59 Å². The Morgan fingerprint density at radius 1 is 1.34 bits per heavy atom. The zero-order chi connectivity index (χ0) is 20.8. The Labute approximate surface area is 180 Å². The molecular formula is C21H32BrN5O2. The lowest BCUT2D eigenvalue weighted by Crippen LogP contribution is -2.58. The molecule has 1 saturated heterocycles. The Balaban J connectivity index is 1.46. The van der Waals surface area contributed by atoms with E-state index in [1.807, 2.05) is 0 Å². The molecule has 5 rings (SSSR count). The van der Waals surface area contributed by atoms with Gasteiger partial charge in [0.1, 0.15) is 4.47 Å². The van der Waals surface area contributed by atoms with E-state index in [-0.39, 0.29) is 23.9 Å². The highest BCUT2D eigenvalue weighted by Gasteiger charge is 2.56. The molecule has 3 aliphatic carbocycles. The largest absolute Gasteiger partial charge is 0.379 e. The molecule has 1 aliphatic heterocycles. The van der Waals surface area contributed by atoms with E-state index in [4.69, 9.17) is 0 Å². The molecule has 0 spiro atoms. The second-order valence-electron chi connectivity index (χ2n) is 9.67. The van der Waals surface area contributed by atoms with Crippen molar-refractivity contribution in [1.82, 2.24) is 20.8 Å². The van der Waals surface area contributed by atoms with Crippen LogP contribution in [0.2, 0.25) is 0 Å². The fraction of sp³-hybridized carbons (Fsp3) is 0.762. The van der Waals surface area contributed by atoms with Gasteiger partial charge in [0.2, 0.25) is 5.91 Å². The molecule has 7 nitrogen and oxygen atoms in total. The molecule has 0 radical (unpaired) electrons. The highest BCUT2D eigenvalue weighted by Crippen LogP contribution is 2.61. The van der Waals surface area contributed by atoms with Gasteiger partial charge < -0.3 is 16.0 Å². The number of carbonyl (C=O) groups excluding carboxylic acids is 1. The van der Waals surface area contributed by atoms with Gasteiger partial charge in [-0.25, -0.2) is 5.10 Å². The minimum absolute atomic E-state index is 0.0751. The van der Waals surface area contributed by atoms with Crippen molar-refractivity contribution in [1.29, 1.82) is 0 Å². The first-order valence-electron chi connectivity index (χ1n) is 10.8. The number of halogens is 1. The Morgan fingerprint density at radius 2 is 2.14 bits per heavy atom. The summed E-state index contributed by atoms with van der Waals surface area (Å²) in [5.74, 6) is 1.84. The number of hydrogen-bond donors (Lipinski definition) is 4. The smallest absolute Gasteiger partial charge is 0.280 e. The molecule has 4 aliphatic rings. The van der Waals surface area contributed by atoms with E-state index >= 15 is 0 Å². The van der Waals surface area contributed by atoms with Crippen LogP contribution in [0.15, 0.2) is 9.27 Å². The van der Waals surface area contributed by atoms with Crippen LogP contribution in [0.1, 0.15) is 52.1 Å². The van der Waals surface area contributed by atoms with Crippen molar-refractivity contribution < 1.29 is 4.79 Å². The molecule has 1 aromatic heterocycles. The van der Waals surface area contributed by atoms with Crippen LogP contribution in [-0.4, -0.2) is 41.3 Å². The van der Waals surface area contributed by atoms with E-state index in [0.717, 1.165) is 25.8 Å². The summed E-state index contributed by atoms with van der Waals surface area (Å²) >= 11 is 3.42. The number of amides is 1. The predicted octanol–water partition coefficient (Wildman–Crippen LogP) is 2.43. The number of nitrogens with zero attached hydrogens (tertiary/aromatic N) is 1. The van der Waals surface area contributed by atoms with E-state index in [2.05, 4.69) is 62.8 Å². The van der Waals surface area contributed by atoms with E-state index in [1.54, 1.807) is 0 Å². The summed E-state index contributed by atoms with van der Waals surface area (Å²) in [6.45, 7) is 8.69. The average Bonchev–Trinajstić information content (AvgIpc) is 3.20. The third-order valence-electron chi connectivity index (χ3n) is 7.72. The molecular weight excluding hydrogens is 434 g/mol. The number of H-pyrrole nitrogens is 1. The van der Waals surface area contributed by atoms with Crippen LogP contribution < -0.4 is 21.5 Å². The summed E-state index contributed by atoms with van der Waals surface area (Å²) in [4.78, 5) is 24.7. The van der Waals surface area contributed by atoms with Crippen LogP contribution >= 0.6 is 15.9 Å². The lowest BCUT2D eigenvalue weighted by molar-refractivity contribution is -0.120. The SMILES string of the molecule is C[C@@H]1[C@H]2C[C@@H](C[C@H]1Nc1c(CC(=O)NC[C@H]3CCCN3)n[nH]c(=O)c1Br)C2(C)C. The van der Waals surface area contributed by atoms with E-state index < -0.39 is 0 Å². The first-order chi connectivity index (χ1) is 13.8. The molecule has 8 heteroatoms. The van der Waals surface area contributed by atoms with Crippen molar-refractivity contribution in [3.8, 4) is 0 Å². The highest BCUT2D eigenvalue weighted by molar-refractivity contribution is 9.10.